The van der Waals surface area contributed by atoms with Gasteiger partial charge in [0.15, 0.2) is 0 Å². The maximum atomic E-state index is 14.4. The normalized spacial score (nSPS) is 12.7. The van der Waals surface area contributed by atoms with E-state index in [9.17, 15) is 4.39 Å². The van der Waals surface area contributed by atoms with Crippen molar-refractivity contribution >= 4 is 54.8 Å². The molecule has 0 saturated carbocycles. The molecule has 0 saturated heterocycles. The minimum absolute atomic E-state index is 0.126. The van der Waals surface area contributed by atoms with Crippen molar-refractivity contribution in [3.05, 3.63) is 53.8 Å². The molecule has 0 bridgehead atoms. The Labute approximate surface area is 143 Å². The van der Waals surface area contributed by atoms with Crippen molar-refractivity contribution in [2.45, 2.75) is 19.4 Å². The summed E-state index contributed by atoms with van der Waals surface area (Å²) >= 11 is 14.3. The van der Waals surface area contributed by atoms with Crippen LogP contribution in [0.15, 0.2) is 32.5 Å². The fourth-order valence-electron chi connectivity index (χ4n) is 1.90. The smallest absolute Gasteiger partial charge is 0.148 e. The van der Waals surface area contributed by atoms with E-state index >= 15 is 0 Å². The highest BCUT2D eigenvalue weighted by atomic mass is 79.9. The van der Waals surface area contributed by atoms with Gasteiger partial charge >= 0.3 is 0 Å². The van der Waals surface area contributed by atoms with Crippen molar-refractivity contribution in [3.63, 3.8) is 0 Å². The predicted molar refractivity (Wildman–Crippen MR) is 91.3 cm³/mol. The summed E-state index contributed by atoms with van der Waals surface area (Å²) in [5.41, 5.74) is 0.570. The molecule has 1 nitrogen and oxygen atoms in total. The summed E-state index contributed by atoms with van der Waals surface area (Å²) in [6.45, 7) is 2.90. The minimum atomic E-state index is -0.376. The van der Waals surface area contributed by atoms with Crippen LogP contribution in [-0.2, 0) is 0 Å². The molecule has 2 aromatic rings. The zero-order valence-corrected chi connectivity index (χ0v) is 15.5. The lowest BCUT2D eigenvalue weighted by atomic mass is 10.0. The Morgan fingerprint density at radius 1 is 1.40 bits per heavy atom. The number of rotatable bonds is 5. The van der Waals surface area contributed by atoms with Gasteiger partial charge in [0, 0.05) is 24.8 Å². The lowest BCUT2D eigenvalue weighted by molar-refractivity contribution is 0.551. The maximum Gasteiger partial charge on any atom is 0.148 e. The summed E-state index contributed by atoms with van der Waals surface area (Å²) in [4.78, 5) is 1.06. The van der Waals surface area contributed by atoms with Gasteiger partial charge in [-0.2, -0.15) is 0 Å². The Morgan fingerprint density at radius 2 is 2.15 bits per heavy atom. The van der Waals surface area contributed by atoms with Crippen LogP contribution in [0.25, 0.3) is 0 Å². The summed E-state index contributed by atoms with van der Waals surface area (Å²) in [5, 5.41) is 5.50. The molecule has 1 atom stereocenters. The molecule has 1 N–H and O–H groups in total. The van der Waals surface area contributed by atoms with Gasteiger partial charge in [0.05, 0.1) is 11.1 Å². The van der Waals surface area contributed by atoms with E-state index < -0.39 is 0 Å². The Hall–Kier alpha value is 0.0600. The summed E-state index contributed by atoms with van der Waals surface area (Å²) in [7, 11) is 0. The molecule has 0 spiro atoms. The third-order valence-corrected chi connectivity index (χ3v) is 5.86. The van der Waals surface area contributed by atoms with E-state index in [-0.39, 0.29) is 16.9 Å². The molecule has 6 heteroatoms. The highest BCUT2D eigenvalue weighted by Gasteiger charge is 2.21. The van der Waals surface area contributed by atoms with Crippen LogP contribution in [0, 0.1) is 5.82 Å². The number of nitrogens with one attached hydrogen (secondary N) is 1. The summed E-state index contributed by atoms with van der Waals surface area (Å²) in [5.74, 6) is -0.376. The Morgan fingerprint density at radius 3 is 2.75 bits per heavy atom. The standard InChI is InChI=1S/C14H13Br2ClFNS/c1-2-5-19-14(11-6-8(15)7-20-11)9-3-4-10(16)12(17)13(9)18/h3-4,6-7,14,19H,2,5H2,1H3. The molecule has 0 aliphatic carbocycles. The molecular formula is C14H13Br2ClFNS. The second-order valence-corrected chi connectivity index (χ2v) is 7.41. The molecule has 108 valence electrons. The van der Waals surface area contributed by atoms with Gasteiger partial charge in [0.1, 0.15) is 5.82 Å². The second kappa shape index (κ2) is 7.36. The number of thiophene rings is 1. The third kappa shape index (κ3) is 3.63. The van der Waals surface area contributed by atoms with Gasteiger partial charge in [0.25, 0.3) is 0 Å². The average Bonchev–Trinajstić information content (AvgIpc) is 2.85. The first kappa shape index (κ1) is 16.4. The van der Waals surface area contributed by atoms with Crippen molar-refractivity contribution in [3.8, 4) is 0 Å². The Balaban J connectivity index is 2.43. The first-order chi connectivity index (χ1) is 9.54. The highest BCUT2D eigenvalue weighted by Crippen LogP contribution is 2.35. The van der Waals surface area contributed by atoms with Crippen molar-refractivity contribution in [1.29, 1.82) is 0 Å². The zero-order valence-electron chi connectivity index (χ0n) is 10.7. The van der Waals surface area contributed by atoms with Gasteiger partial charge in [-0.05, 0) is 57.0 Å². The topological polar surface area (TPSA) is 12.0 Å². The molecule has 1 aromatic heterocycles. The number of hydrogen-bond donors (Lipinski definition) is 1. The molecule has 0 aliphatic rings. The van der Waals surface area contributed by atoms with Gasteiger partial charge < -0.3 is 5.32 Å². The van der Waals surface area contributed by atoms with E-state index in [0.717, 1.165) is 22.3 Å². The van der Waals surface area contributed by atoms with Crippen LogP contribution < -0.4 is 5.32 Å². The van der Waals surface area contributed by atoms with E-state index in [1.807, 2.05) is 11.4 Å². The second-order valence-electron chi connectivity index (χ2n) is 4.32. The van der Waals surface area contributed by atoms with Crippen LogP contribution in [0.4, 0.5) is 4.39 Å². The van der Waals surface area contributed by atoms with Crippen molar-refractivity contribution < 1.29 is 4.39 Å². The maximum absolute atomic E-state index is 14.4. The molecule has 2 rings (SSSR count). The van der Waals surface area contributed by atoms with Crippen LogP contribution in [-0.4, -0.2) is 6.54 Å². The summed E-state index contributed by atoms with van der Waals surface area (Å²) in [6.07, 6.45) is 0.981. The molecule has 0 amide bonds. The number of halogens is 4. The quantitative estimate of drug-likeness (QED) is 0.549. The van der Waals surface area contributed by atoms with E-state index in [0.29, 0.717) is 10.0 Å². The van der Waals surface area contributed by atoms with Gasteiger partial charge in [-0.3, -0.25) is 0 Å². The molecule has 0 fully saturated rings. The Bertz CT molecular complexity index is 603. The largest absolute Gasteiger partial charge is 0.306 e. The van der Waals surface area contributed by atoms with Crippen molar-refractivity contribution in [1.82, 2.24) is 5.32 Å². The first-order valence-electron chi connectivity index (χ1n) is 6.15. The van der Waals surface area contributed by atoms with Crippen LogP contribution in [0.5, 0.6) is 0 Å². The van der Waals surface area contributed by atoms with Crippen LogP contribution in [0.2, 0.25) is 5.02 Å². The lowest BCUT2D eigenvalue weighted by Crippen LogP contribution is -2.23. The van der Waals surface area contributed by atoms with Gasteiger partial charge in [-0.15, -0.1) is 11.3 Å². The Kier molecular flexibility index (Phi) is 6.05. The highest BCUT2D eigenvalue weighted by molar-refractivity contribution is 9.10. The molecule has 1 heterocycles. The minimum Gasteiger partial charge on any atom is -0.306 e. The fourth-order valence-corrected chi connectivity index (χ4v) is 3.91. The molecule has 20 heavy (non-hydrogen) atoms. The third-order valence-electron chi connectivity index (χ3n) is 2.85. The number of hydrogen-bond acceptors (Lipinski definition) is 2. The molecule has 0 radical (unpaired) electrons. The van der Waals surface area contributed by atoms with Crippen molar-refractivity contribution in [2.75, 3.05) is 6.54 Å². The van der Waals surface area contributed by atoms with Crippen LogP contribution in [0.3, 0.4) is 0 Å². The van der Waals surface area contributed by atoms with E-state index in [1.54, 1.807) is 23.5 Å². The monoisotopic (exact) mass is 439 g/mol. The molecule has 1 aromatic carbocycles. The van der Waals surface area contributed by atoms with Crippen LogP contribution >= 0.6 is 54.8 Å². The van der Waals surface area contributed by atoms with Crippen molar-refractivity contribution in [2.24, 2.45) is 0 Å². The average molecular weight is 442 g/mol. The lowest BCUT2D eigenvalue weighted by Gasteiger charge is -2.19. The van der Waals surface area contributed by atoms with E-state index in [2.05, 4.69) is 44.1 Å². The molecule has 0 aliphatic heterocycles. The van der Waals surface area contributed by atoms with Gasteiger partial charge in [-0.1, -0.05) is 24.6 Å². The fraction of sp³-hybridized carbons (Fsp3) is 0.286. The SMILES string of the molecule is CCCNC(c1cc(Br)cs1)c1ccc(Br)c(Cl)c1F. The van der Waals surface area contributed by atoms with Gasteiger partial charge in [0.2, 0.25) is 0 Å². The molecular weight excluding hydrogens is 428 g/mol. The van der Waals surface area contributed by atoms with E-state index in [4.69, 9.17) is 11.6 Å². The summed E-state index contributed by atoms with van der Waals surface area (Å²) in [6, 6.07) is 5.38. The van der Waals surface area contributed by atoms with Gasteiger partial charge in [-0.25, -0.2) is 4.39 Å². The van der Waals surface area contributed by atoms with E-state index in [1.165, 1.54) is 0 Å². The first-order valence-corrected chi connectivity index (χ1v) is 8.99. The van der Waals surface area contributed by atoms with Crippen LogP contribution in [0.1, 0.15) is 29.8 Å². The summed E-state index contributed by atoms with van der Waals surface area (Å²) < 4.78 is 16.0. The molecule has 1 unspecified atom stereocenters. The zero-order chi connectivity index (χ0) is 14.7. The number of benzene rings is 1. The predicted octanol–water partition coefficient (Wildman–Crippen LogP) is 6.15.